The maximum absolute atomic E-state index is 13.0. The van der Waals surface area contributed by atoms with E-state index in [1.54, 1.807) is 11.3 Å². The van der Waals surface area contributed by atoms with Gasteiger partial charge in [-0.1, -0.05) is 26.8 Å². The van der Waals surface area contributed by atoms with E-state index < -0.39 is 5.54 Å². The molecule has 0 spiro atoms. The number of carbonyl (C=O) groups is 1. The maximum atomic E-state index is 13.0. The quantitative estimate of drug-likeness (QED) is 0.637. The Morgan fingerprint density at radius 2 is 2.03 bits per heavy atom. The number of amides is 1. The lowest BCUT2D eigenvalue weighted by Crippen LogP contribution is -2.76. The molecule has 2 fully saturated rings. The summed E-state index contributed by atoms with van der Waals surface area (Å²) in [4.78, 5) is 16.8. The first kappa shape index (κ1) is 26.7. The summed E-state index contributed by atoms with van der Waals surface area (Å²) in [5.41, 5.74) is 5.33. The number of nitrogens with zero attached hydrogens (tertiary/aromatic N) is 1. The molecule has 2 aliphatic rings. The zero-order chi connectivity index (χ0) is 19.7. The van der Waals surface area contributed by atoms with Gasteiger partial charge in [0, 0.05) is 29.9 Å². The molecule has 1 saturated carbocycles. The van der Waals surface area contributed by atoms with Gasteiger partial charge in [0.2, 0.25) is 5.91 Å². The van der Waals surface area contributed by atoms with Gasteiger partial charge >= 0.3 is 0 Å². The van der Waals surface area contributed by atoms with E-state index in [2.05, 4.69) is 34.7 Å². The molecule has 8 heteroatoms. The van der Waals surface area contributed by atoms with Crippen molar-refractivity contribution < 1.29 is 9.53 Å². The van der Waals surface area contributed by atoms with Crippen molar-refractivity contribution in [1.29, 1.82) is 0 Å². The molecule has 0 bridgehead atoms. The van der Waals surface area contributed by atoms with Crippen LogP contribution in [-0.4, -0.2) is 48.7 Å². The molecule has 3 atom stereocenters. The third-order valence-electron chi connectivity index (χ3n) is 6.82. The van der Waals surface area contributed by atoms with Crippen LogP contribution in [0.4, 0.5) is 0 Å². The minimum absolute atomic E-state index is 0. The van der Waals surface area contributed by atoms with Crippen LogP contribution in [-0.2, 0) is 9.53 Å². The lowest BCUT2D eigenvalue weighted by atomic mass is 9.54. The molecule has 3 unspecified atom stereocenters. The number of likely N-dealkylation sites (tertiary alicyclic amines) is 1. The summed E-state index contributed by atoms with van der Waals surface area (Å²) in [6.45, 7) is 11.8. The monoisotopic (exact) mass is 465 g/mol. The minimum atomic E-state index is -0.858. The van der Waals surface area contributed by atoms with Crippen LogP contribution >= 0.6 is 36.2 Å². The van der Waals surface area contributed by atoms with Crippen LogP contribution in [0.5, 0.6) is 0 Å². The van der Waals surface area contributed by atoms with E-state index in [4.69, 9.17) is 10.5 Å². The second kappa shape index (κ2) is 10.8. The third kappa shape index (κ3) is 5.28. The van der Waals surface area contributed by atoms with Crippen molar-refractivity contribution in [3.05, 3.63) is 22.4 Å². The third-order valence-corrected chi connectivity index (χ3v) is 7.80. The lowest BCUT2D eigenvalue weighted by molar-refractivity contribution is -0.170. The van der Waals surface area contributed by atoms with Crippen molar-refractivity contribution in [3.63, 3.8) is 0 Å². The number of nitrogens with two attached hydrogens (primary N) is 1. The van der Waals surface area contributed by atoms with Crippen LogP contribution < -0.4 is 11.1 Å². The van der Waals surface area contributed by atoms with E-state index in [0.29, 0.717) is 19.6 Å². The smallest absolute Gasteiger partial charge is 0.240 e. The average Bonchev–Trinajstić information content (AvgIpc) is 3.17. The molecule has 5 nitrogen and oxygen atoms in total. The molecule has 1 aliphatic heterocycles. The molecule has 168 valence electrons. The lowest BCUT2D eigenvalue weighted by Gasteiger charge is -2.57. The van der Waals surface area contributed by atoms with Crippen molar-refractivity contribution in [2.24, 2.45) is 17.1 Å². The predicted molar refractivity (Wildman–Crippen MR) is 125 cm³/mol. The van der Waals surface area contributed by atoms with Gasteiger partial charge in [-0.2, -0.15) is 0 Å². The van der Waals surface area contributed by atoms with Crippen LogP contribution in [0.15, 0.2) is 17.5 Å². The van der Waals surface area contributed by atoms with Gasteiger partial charge in [-0.25, -0.2) is 0 Å². The van der Waals surface area contributed by atoms with E-state index in [9.17, 15) is 4.79 Å². The standard InChI is InChI=1S/C21H35N3O2S.2ClH/c1-5-26-18-13-21(22,20(18,3)4)19(25)23-14-16(17-7-6-12-27-17)24-10-8-15(2)9-11-24;;/h6-7,12,15-16,18H,5,8-11,13-14,22H2,1-4H3,(H,23,25);2*1H. The molecule has 1 aromatic rings. The number of hydrogen-bond donors (Lipinski definition) is 2. The van der Waals surface area contributed by atoms with Gasteiger partial charge in [0.15, 0.2) is 0 Å². The van der Waals surface area contributed by atoms with Crippen molar-refractivity contribution in [3.8, 4) is 0 Å². The molecular formula is C21H37Cl2N3O2S. The summed E-state index contributed by atoms with van der Waals surface area (Å²) in [6.07, 6.45) is 3.08. The topological polar surface area (TPSA) is 67.6 Å². The van der Waals surface area contributed by atoms with E-state index in [1.165, 1.54) is 17.7 Å². The van der Waals surface area contributed by atoms with Crippen molar-refractivity contribution >= 4 is 42.1 Å². The zero-order valence-electron chi connectivity index (χ0n) is 18.0. The molecule has 29 heavy (non-hydrogen) atoms. The molecule has 1 aliphatic carbocycles. The summed E-state index contributed by atoms with van der Waals surface area (Å²) in [7, 11) is 0. The fourth-order valence-corrected chi connectivity index (χ4v) is 5.26. The van der Waals surface area contributed by atoms with Crippen LogP contribution in [0.1, 0.15) is 57.9 Å². The summed E-state index contributed by atoms with van der Waals surface area (Å²) in [5, 5.41) is 5.30. The van der Waals surface area contributed by atoms with Gasteiger partial charge in [0.25, 0.3) is 0 Å². The van der Waals surface area contributed by atoms with Gasteiger partial charge in [-0.05, 0) is 50.2 Å². The maximum Gasteiger partial charge on any atom is 0.240 e. The second-order valence-corrected chi connectivity index (χ2v) is 9.78. The van der Waals surface area contributed by atoms with Crippen LogP contribution in [0, 0.1) is 11.3 Å². The highest BCUT2D eigenvalue weighted by atomic mass is 35.5. The highest BCUT2D eigenvalue weighted by Gasteiger charge is 2.62. The number of thiophene rings is 1. The first-order valence-corrected chi connectivity index (χ1v) is 11.1. The van der Waals surface area contributed by atoms with E-state index >= 15 is 0 Å². The van der Waals surface area contributed by atoms with Crippen molar-refractivity contribution in [2.75, 3.05) is 26.2 Å². The number of ether oxygens (including phenoxy) is 1. The Kier molecular flexibility index (Phi) is 9.91. The Morgan fingerprint density at radius 3 is 2.55 bits per heavy atom. The summed E-state index contributed by atoms with van der Waals surface area (Å²) in [6, 6.07) is 4.50. The largest absolute Gasteiger partial charge is 0.378 e. The zero-order valence-corrected chi connectivity index (χ0v) is 20.4. The fraction of sp³-hybridized carbons (Fsp3) is 0.762. The Hall–Kier alpha value is -0.370. The normalized spacial score (nSPS) is 27.8. The molecular weight excluding hydrogens is 429 g/mol. The van der Waals surface area contributed by atoms with E-state index in [-0.39, 0.29) is 48.3 Å². The SMILES string of the molecule is CCOC1CC(N)(C(=O)NCC(c2cccs2)N2CCC(C)CC2)C1(C)C.Cl.Cl. The molecule has 1 saturated heterocycles. The number of piperidine rings is 1. The second-order valence-electron chi connectivity index (χ2n) is 8.80. The Labute approximate surface area is 191 Å². The number of nitrogens with one attached hydrogen (secondary N) is 1. The fourth-order valence-electron chi connectivity index (χ4n) is 4.40. The molecule has 2 heterocycles. The average molecular weight is 467 g/mol. The Balaban J connectivity index is 0.00000210. The van der Waals surface area contributed by atoms with Crippen molar-refractivity contribution in [2.45, 2.75) is 64.6 Å². The molecule has 1 amide bonds. The Bertz CT molecular complexity index is 636. The van der Waals surface area contributed by atoms with Gasteiger partial charge in [-0.3, -0.25) is 9.69 Å². The highest BCUT2D eigenvalue weighted by molar-refractivity contribution is 7.10. The summed E-state index contributed by atoms with van der Waals surface area (Å²) >= 11 is 1.77. The number of hydrogen-bond acceptors (Lipinski definition) is 5. The predicted octanol–water partition coefficient (Wildman–Crippen LogP) is 4.01. The van der Waals surface area contributed by atoms with Crippen LogP contribution in [0.3, 0.4) is 0 Å². The van der Waals surface area contributed by atoms with Crippen LogP contribution in [0.25, 0.3) is 0 Å². The van der Waals surface area contributed by atoms with E-state index in [0.717, 1.165) is 19.0 Å². The Morgan fingerprint density at radius 1 is 1.38 bits per heavy atom. The van der Waals surface area contributed by atoms with E-state index in [1.807, 2.05) is 20.8 Å². The highest BCUT2D eigenvalue weighted by Crippen LogP contribution is 2.49. The van der Waals surface area contributed by atoms with Crippen molar-refractivity contribution in [1.82, 2.24) is 10.2 Å². The molecule has 3 rings (SSSR count). The molecule has 0 radical (unpaired) electrons. The number of halogens is 2. The van der Waals surface area contributed by atoms with Gasteiger partial charge in [0.05, 0.1) is 12.1 Å². The molecule has 1 aromatic heterocycles. The van der Waals surface area contributed by atoms with Gasteiger partial charge in [-0.15, -0.1) is 36.2 Å². The molecule has 0 aromatic carbocycles. The summed E-state index contributed by atoms with van der Waals surface area (Å²) in [5.74, 6) is 0.744. The van der Waals surface area contributed by atoms with Gasteiger partial charge in [0.1, 0.15) is 5.54 Å². The molecule has 3 N–H and O–H groups in total. The van der Waals surface area contributed by atoms with Gasteiger partial charge < -0.3 is 15.8 Å². The first-order valence-electron chi connectivity index (χ1n) is 10.3. The number of carbonyl (C=O) groups excluding carboxylic acids is 1. The minimum Gasteiger partial charge on any atom is -0.378 e. The van der Waals surface area contributed by atoms with Crippen LogP contribution in [0.2, 0.25) is 0 Å². The summed E-state index contributed by atoms with van der Waals surface area (Å²) < 4.78 is 5.76. The number of rotatable bonds is 7. The first-order chi connectivity index (χ1) is 12.8.